The van der Waals surface area contributed by atoms with Gasteiger partial charge in [0.15, 0.2) is 18.1 Å². The van der Waals surface area contributed by atoms with Crippen LogP contribution in [0.15, 0.2) is 42.5 Å². The highest BCUT2D eigenvalue weighted by Crippen LogP contribution is 2.28. The minimum absolute atomic E-state index is 0.0787. The number of nitrogens with zero attached hydrogens (tertiary/aromatic N) is 1. The summed E-state index contributed by atoms with van der Waals surface area (Å²) in [5, 5.41) is 2.73. The first kappa shape index (κ1) is 24.1. The van der Waals surface area contributed by atoms with E-state index in [4.69, 9.17) is 14.2 Å². The zero-order chi connectivity index (χ0) is 23.8. The van der Waals surface area contributed by atoms with Crippen molar-refractivity contribution in [2.75, 3.05) is 38.8 Å². The van der Waals surface area contributed by atoms with Gasteiger partial charge >= 0.3 is 5.97 Å². The first-order valence-corrected chi connectivity index (χ1v) is 11.0. The van der Waals surface area contributed by atoms with Crippen LogP contribution in [0.4, 0.5) is 5.69 Å². The standard InChI is InChI=1S/C25H30N2O6/c1-4-17-5-8-20(9-6-17)27-15-19(14-24(27)29)25(30)33-16-23(28)26-12-11-18-7-10-21(31-2)22(13-18)32-3/h5-10,13,19H,4,11-12,14-16H2,1-3H3,(H,26,28). The van der Waals surface area contributed by atoms with E-state index in [2.05, 4.69) is 12.2 Å². The molecule has 1 aliphatic heterocycles. The minimum atomic E-state index is -0.581. The number of anilines is 1. The largest absolute Gasteiger partial charge is 0.493 e. The van der Waals surface area contributed by atoms with Crippen molar-refractivity contribution >= 4 is 23.5 Å². The molecule has 1 atom stereocenters. The van der Waals surface area contributed by atoms with E-state index in [1.807, 2.05) is 42.5 Å². The molecule has 2 aromatic rings. The highest BCUT2D eigenvalue weighted by molar-refractivity contribution is 5.99. The Hall–Kier alpha value is -3.55. The van der Waals surface area contributed by atoms with Gasteiger partial charge in [0, 0.05) is 25.2 Å². The van der Waals surface area contributed by atoms with Gasteiger partial charge in [-0.3, -0.25) is 14.4 Å². The Morgan fingerprint density at radius 1 is 1.03 bits per heavy atom. The van der Waals surface area contributed by atoms with E-state index in [9.17, 15) is 14.4 Å². The van der Waals surface area contributed by atoms with Crippen molar-refractivity contribution in [3.8, 4) is 11.5 Å². The highest BCUT2D eigenvalue weighted by Gasteiger charge is 2.36. The number of amides is 2. The zero-order valence-corrected chi connectivity index (χ0v) is 19.3. The molecule has 33 heavy (non-hydrogen) atoms. The number of hydrogen-bond acceptors (Lipinski definition) is 6. The van der Waals surface area contributed by atoms with Crippen molar-refractivity contribution in [3.05, 3.63) is 53.6 Å². The van der Waals surface area contributed by atoms with Crippen LogP contribution in [-0.2, 0) is 32.0 Å². The number of aryl methyl sites for hydroxylation is 1. The number of ether oxygens (including phenoxy) is 3. The lowest BCUT2D eigenvalue weighted by molar-refractivity contribution is -0.152. The first-order valence-electron chi connectivity index (χ1n) is 11.0. The Balaban J connectivity index is 1.42. The Bertz CT molecular complexity index is 989. The summed E-state index contributed by atoms with van der Waals surface area (Å²) in [6, 6.07) is 13.3. The minimum Gasteiger partial charge on any atom is -0.493 e. The van der Waals surface area contributed by atoms with Crippen LogP contribution in [0.1, 0.15) is 24.5 Å². The van der Waals surface area contributed by atoms with E-state index in [-0.39, 0.29) is 31.4 Å². The summed E-state index contributed by atoms with van der Waals surface area (Å²) in [7, 11) is 3.14. The molecule has 0 radical (unpaired) electrons. The molecule has 3 rings (SSSR count). The molecule has 176 valence electrons. The van der Waals surface area contributed by atoms with Gasteiger partial charge < -0.3 is 24.4 Å². The smallest absolute Gasteiger partial charge is 0.311 e. The lowest BCUT2D eigenvalue weighted by atomic mass is 10.1. The molecular weight excluding hydrogens is 424 g/mol. The van der Waals surface area contributed by atoms with Crippen LogP contribution in [0, 0.1) is 5.92 Å². The number of esters is 1. The molecular formula is C25H30N2O6. The maximum absolute atomic E-state index is 12.4. The normalized spacial score (nSPS) is 15.3. The predicted molar refractivity (Wildman–Crippen MR) is 123 cm³/mol. The van der Waals surface area contributed by atoms with E-state index >= 15 is 0 Å². The molecule has 1 unspecified atom stereocenters. The van der Waals surface area contributed by atoms with Gasteiger partial charge in [-0.25, -0.2) is 0 Å². The van der Waals surface area contributed by atoms with Crippen molar-refractivity contribution in [1.82, 2.24) is 5.32 Å². The molecule has 1 saturated heterocycles. The molecule has 2 aromatic carbocycles. The topological polar surface area (TPSA) is 94.2 Å². The van der Waals surface area contributed by atoms with Crippen LogP contribution in [0.3, 0.4) is 0 Å². The van der Waals surface area contributed by atoms with E-state index in [1.165, 1.54) is 5.56 Å². The summed E-state index contributed by atoms with van der Waals surface area (Å²) in [5.74, 6) is -0.370. The number of nitrogens with one attached hydrogen (secondary N) is 1. The zero-order valence-electron chi connectivity index (χ0n) is 19.3. The summed E-state index contributed by atoms with van der Waals surface area (Å²) in [4.78, 5) is 38.4. The Morgan fingerprint density at radius 3 is 2.39 bits per heavy atom. The Morgan fingerprint density at radius 2 is 1.73 bits per heavy atom. The molecule has 0 aromatic heterocycles. The molecule has 0 bridgehead atoms. The molecule has 0 spiro atoms. The fourth-order valence-electron chi connectivity index (χ4n) is 3.71. The third kappa shape index (κ3) is 6.25. The van der Waals surface area contributed by atoms with Crippen LogP contribution in [0.2, 0.25) is 0 Å². The third-order valence-electron chi connectivity index (χ3n) is 5.64. The van der Waals surface area contributed by atoms with Gasteiger partial charge in [0.2, 0.25) is 5.91 Å². The molecule has 2 amide bonds. The van der Waals surface area contributed by atoms with Crippen LogP contribution < -0.4 is 19.7 Å². The molecule has 1 aliphatic rings. The van der Waals surface area contributed by atoms with E-state index < -0.39 is 11.9 Å². The summed E-state index contributed by atoms with van der Waals surface area (Å²) in [5.41, 5.74) is 2.92. The SMILES string of the molecule is CCc1ccc(N2CC(C(=O)OCC(=O)NCCc3ccc(OC)c(OC)c3)CC2=O)cc1. The van der Waals surface area contributed by atoms with Crippen molar-refractivity contribution < 1.29 is 28.6 Å². The van der Waals surface area contributed by atoms with Gasteiger partial charge in [-0.1, -0.05) is 25.1 Å². The maximum Gasteiger partial charge on any atom is 0.311 e. The number of rotatable bonds is 10. The third-order valence-corrected chi connectivity index (χ3v) is 5.64. The summed E-state index contributed by atoms with van der Waals surface area (Å²) >= 11 is 0. The molecule has 0 saturated carbocycles. The fourth-order valence-corrected chi connectivity index (χ4v) is 3.71. The van der Waals surface area contributed by atoms with Gasteiger partial charge in [-0.2, -0.15) is 0 Å². The number of carbonyl (C=O) groups is 3. The average Bonchev–Trinajstić information content (AvgIpc) is 3.24. The molecule has 8 nitrogen and oxygen atoms in total. The van der Waals surface area contributed by atoms with Crippen molar-refractivity contribution in [1.29, 1.82) is 0 Å². The first-order chi connectivity index (χ1) is 15.9. The van der Waals surface area contributed by atoms with Crippen molar-refractivity contribution in [2.24, 2.45) is 5.92 Å². The van der Waals surface area contributed by atoms with Crippen molar-refractivity contribution in [3.63, 3.8) is 0 Å². The second-order valence-electron chi connectivity index (χ2n) is 7.82. The summed E-state index contributed by atoms with van der Waals surface area (Å²) in [6.45, 7) is 2.33. The number of methoxy groups -OCH3 is 2. The van der Waals surface area contributed by atoms with Gasteiger partial charge in [-0.15, -0.1) is 0 Å². The highest BCUT2D eigenvalue weighted by atomic mass is 16.5. The van der Waals surface area contributed by atoms with Crippen molar-refractivity contribution in [2.45, 2.75) is 26.2 Å². The lowest BCUT2D eigenvalue weighted by Crippen LogP contribution is -2.32. The van der Waals surface area contributed by atoms with Gasteiger partial charge in [0.1, 0.15) is 0 Å². The fraction of sp³-hybridized carbons (Fsp3) is 0.400. The Labute approximate surface area is 193 Å². The summed E-state index contributed by atoms with van der Waals surface area (Å²) in [6.07, 6.45) is 1.58. The monoisotopic (exact) mass is 454 g/mol. The predicted octanol–water partition coefficient (Wildman–Crippen LogP) is 2.52. The van der Waals surface area contributed by atoms with Gasteiger partial charge in [0.05, 0.1) is 20.1 Å². The molecule has 0 aliphatic carbocycles. The lowest BCUT2D eigenvalue weighted by Gasteiger charge is -2.17. The van der Waals surface area contributed by atoms with Crippen LogP contribution >= 0.6 is 0 Å². The molecule has 1 N–H and O–H groups in total. The number of carbonyl (C=O) groups excluding carboxylic acids is 3. The molecule has 1 fully saturated rings. The van der Waals surface area contributed by atoms with Crippen LogP contribution in [-0.4, -0.2) is 51.7 Å². The number of benzene rings is 2. The maximum atomic E-state index is 12.4. The second-order valence-corrected chi connectivity index (χ2v) is 7.82. The van der Waals surface area contributed by atoms with E-state index in [0.717, 1.165) is 17.7 Å². The quantitative estimate of drug-likeness (QED) is 0.555. The van der Waals surface area contributed by atoms with E-state index in [0.29, 0.717) is 24.5 Å². The molecule has 8 heteroatoms. The number of hydrogen-bond donors (Lipinski definition) is 1. The van der Waals surface area contributed by atoms with Crippen LogP contribution in [0.25, 0.3) is 0 Å². The summed E-state index contributed by atoms with van der Waals surface area (Å²) < 4.78 is 15.6. The van der Waals surface area contributed by atoms with Gasteiger partial charge in [0.25, 0.3) is 5.91 Å². The second kappa shape index (κ2) is 11.4. The van der Waals surface area contributed by atoms with E-state index in [1.54, 1.807) is 19.1 Å². The van der Waals surface area contributed by atoms with Gasteiger partial charge in [-0.05, 0) is 48.2 Å². The Kier molecular flexibility index (Phi) is 8.29. The molecule has 1 heterocycles. The van der Waals surface area contributed by atoms with Crippen LogP contribution in [0.5, 0.6) is 11.5 Å². The average molecular weight is 455 g/mol.